The van der Waals surface area contributed by atoms with E-state index in [-0.39, 0.29) is 17.5 Å². The van der Waals surface area contributed by atoms with Gasteiger partial charge in [-0.05, 0) is 49.6 Å². The number of hydrogen-bond donors (Lipinski definition) is 1. The average molecular weight is 408 g/mol. The van der Waals surface area contributed by atoms with Crippen LogP contribution in [-0.4, -0.2) is 29.2 Å². The number of aryl methyl sites for hydroxylation is 1. The molecule has 1 N–H and O–H groups in total. The smallest absolute Gasteiger partial charge is 0.229 e. The number of carbonyl (C=O) groups excluding carboxylic acids is 1. The van der Waals surface area contributed by atoms with E-state index >= 15 is 0 Å². The predicted molar refractivity (Wildman–Crippen MR) is 112 cm³/mol. The molecule has 0 spiro atoms. The molecule has 1 atom stereocenters. The number of aromatic nitrogens is 2. The van der Waals surface area contributed by atoms with Crippen LogP contribution in [0.4, 0.5) is 20.3 Å². The van der Waals surface area contributed by atoms with Crippen molar-refractivity contribution in [3.63, 3.8) is 0 Å². The Hall–Kier alpha value is -3.35. The highest BCUT2D eigenvalue weighted by Gasteiger charge is 2.27. The van der Waals surface area contributed by atoms with Gasteiger partial charge in [-0.2, -0.15) is 0 Å². The van der Waals surface area contributed by atoms with Gasteiger partial charge < -0.3 is 10.2 Å². The summed E-state index contributed by atoms with van der Waals surface area (Å²) in [6.07, 6.45) is 1.51. The first-order valence-electron chi connectivity index (χ1n) is 9.92. The Balaban J connectivity index is 1.44. The van der Waals surface area contributed by atoms with Crippen molar-refractivity contribution in [2.24, 2.45) is 5.92 Å². The molecule has 0 radical (unpaired) electrons. The molecule has 154 valence electrons. The van der Waals surface area contributed by atoms with Crippen LogP contribution in [-0.2, 0) is 4.79 Å². The van der Waals surface area contributed by atoms with Crippen LogP contribution in [0.2, 0.25) is 0 Å². The normalized spacial score (nSPS) is 16.4. The molecule has 1 saturated heterocycles. The molecular formula is C23H22F2N4O. The first-order chi connectivity index (χ1) is 14.5. The van der Waals surface area contributed by atoms with E-state index in [9.17, 15) is 13.6 Å². The average Bonchev–Trinajstić information content (AvgIpc) is 2.76. The SMILES string of the molecule is Cc1ccccc1-c1ccc(N2CCCC(C(=O)Nc3ccc(F)cc3F)C2)nn1. The van der Waals surface area contributed by atoms with Crippen LogP contribution in [0, 0.1) is 24.5 Å². The molecule has 3 aromatic rings. The summed E-state index contributed by atoms with van der Waals surface area (Å²) < 4.78 is 26.9. The summed E-state index contributed by atoms with van der Waals surface area (Å²) in [5.74, 6) is -1.36. The second-order valence-electron chi connectivity index (χ2n) is 7.49. The standard InChI is InChI=1S/C23H22F2N4O/c1-15-5-2-3-7-18(15)20-10-11-22(28-27-20)29-12-4-6-16(14-29)23(30)26-21-9-8-17(24)13-19(21)25/h2-3,5,7-11,13,16H,4,6,12,14H2,1H3,(H,26,30). The molecule has 2 heterocycles. The van der Waals surface area contributed by atoms with Crippen LogP contribution < -0.4 is 10.2 Å². The van der Waals surface area contributed by atoms with E-state index in [0.717, 1.165) is 41.9 Å². The Kier molecular flexibility index (Phi) is 5.70. The molecule has 1 aliphatic heterocycles. The number of nitrogens with zero attached hydrogens (tertiary/aromatic N) is 3. The number of rotatable bonds is 4. The number of halogens is 2. The summed E-state index contributed by atoms with van der Waals surface area (Å²) in [5, 5.41) is 11.3. The number of nitrogens with one attached hydrogen (secondary N) is 1. The van der Waals surface area contributed by atoms with Crippen molar-refractivity contribution >= 4 is 17.4 Å². The topological polar surface area (TPSA) is 58.1 Å². The number of benzene rings is 2. The van der Waals surface area contributed by atoms with Crippen molar-refractivity contribution in [3.05, 3.63) is 71.8 Å². The predicted octanol–water partition coefficient (Wildman–Crippen LogP) is 4.59. The number of hydrogen-bond acceptors (Lipinski definition) is 4. The van der Waals surface area contributed by atoms with E-state index in [0.29, 0.717) is 18.8 Å². The van der Waals surface area contributed by atoms with Crippen LogP contribution >= 0.6 is 0 Å². The van der Waals surface area contributed by atoms with Gasteiger partial charge in [0.05, 0.1) is 17.3 Å². The minimum Gasteiger partial charge on any atom is -0.354 e. The first kappa shape index (κ1) is 19.9. The Morgan fingerprint density at radius 3 is 2.67 bits per heavy atom. The Morgan fingerprint density at radius 2 is 1.93 bits per heavy atom. The Bertz CT molecular complexity index is 1060. The maximum atomic E-state index is 13.8. The quantitative estimate of drug-likeness (QED) is 0.686. The number of amides is 1. The zero-order valence-electron chi connectivity index (χ0n) is 16.6. The van der Waals surface area contributed by atoms with Crippen LogP contribution in [0.15, 0.2) is 54.6 Å². The summed E-state index contributed by atoms with van der Waals surface area (Å²) in [5.41, 5.74) is 2.95. The fourth-order valence-electron chi connectivity index (χ4n) is 3.72. The van der Waals surface area contributed by atoms with E-state index < -0.39 is 11.6 Å². The van der Waals surface area contributed by atoms with Gasteiger partial charge in [0.1, 0.15) is 11.6 Å². The van der Waals surface area contributed by atoms with Crippen molar-refractivity contribution in [3.8, 4) is 11.3 Å². The van der Waals surface area contributed by atoms with Crippen molar-refractivity contribution in [1.82, 2.24) is 10.2 Å². The summed E-state index contributed by atoms with van der Waals surface area (Å²) in [6, 6.07) is 15.0. The third-order valence-corrected chi connectivity index (χ3v) is 5.38. The van der Waals surface area contributed by atoms with Crippen molar-refractivity contribution < 1.29 is 13.6 Å². The number of piperidine rings is 1. The molecule has 1 unspecified atom stereocenters. The Morgan fingerprint density at radius 1 is 1.10 bits per heavy atom. The van der Waals surface area contributed by atoms with E-state index in [2.05, 4.69) is 15.5 Å². The summed E-state index contributed by atoms with van der Waals surface area (Å²) >= 11 is 0. The summed E-state index contributed by atoms with van der Waals surface area (Å²) in [6.45, 7) is 3.27. The van der Waals surface area contributed by atoms with E-state index in [1.165, 1.54) is 6.07 Å². The Labute approximate surface area is 173 Å². The van der Waals surface area contributed by atoms with Gasteiger partial charge in [-0.1, -0.05) is 24.3 Å². The second-order valence-corrected chi connectivity index (χ2v) is 7.49. The molecule has 1 fully saturated rings. The lowest BCUT2D eigenvalue weighted by atomic mass is 9.97. The molecule has 1 aliphatic rings. The molecular weight excluding hydrogens is 386 g/mol. The molecule has 0 aliphatic carbocycles. The lowest BCUT2D eigenvalue weighted by Gasteiger charge is -2.32. The van der Waals surface area contributed by atoms with E-state index in [1.807, 2.05) is 48.2 Å². The molecule has 30 heavy (non-hydrogen) atoms. The lowest BCUT2D eigenvalue weighted by molar-refractivity contribution is -0.120. The molecule has 1 aromatic heterocycles. The van der Waals surface area contributed by atoms with Crippen LogP contribution in [0.1, 0.15) is 18.4 Å². The van der Waals surface area contributed by atoms with Crippen molar-refractivity contribution in [1.29, 1.82) is 0 Å². The molecule has 7 heteroatoms. The fourth-order valence-corrected chi connectivity index (χ4v) is 3.72. The third-order valence-electron chi connectivity index (χ3n) is 5.38. The first-order valence-corrected chi connectivity index (χ1v) is 9.92. The van der Waals surface area contributed by atoms with Gasteiger partial charge in [-0.15, -0.1) is 10.2 Å². The van der Waals surface area contributed by atoms with Crippen LogP contribution in [0.25, 0.3) is 11.3 Å². The third kappa shape index (κ3) is 4.30. The maximum absolute atomic E-state index is 13.8. The number of carbonyl (C=O) groups is 1. The molecule has 2 aromatic carbocycles. The highest BCUT2D eigenvalue weighted by atomic mass is 19.1. The van der Waals surface area contributed by atoms with Crippen molar-refractivity contribution in [2.75, 3.05) is 23.3 Å². The van der Waals surface area contributed by atoms with Gasteiger partial charge in [0.2, 0.25) is 5.91 Å². The van der Waals surface area contributed by atoms with Crippen molar-refractivity contribution in [2.45, 2.75) is 19.8 Å². The zero-order chi connectivity index (χ0) is 21.1. The van der Waals surface area contributed by atoms with Gasteiger partial charge in [-0.3, -0.25) is 4.79 Å². The van der Waals surface area contributed by atoms with E-state index in [4.69, 9.17) is 0 Å². The molecule has 0 saturated carbocycles. The highest BCUT2D eigenvalue weighted by molar-refractivity contribution is 5.93. The van der Waals surface area contributed by atoms with Gasteiger partial charge in [-0.25, -0.2) is 8.78 Å². The monoisotopic (exact) mass is 408 g/mol. The highest BCUT2D eigenvalue weighted by Crippen LogP contribution is 2.26. The minimum atomic E-state index is -0.784. The van der Waals surface area contributed by atoms with Gasteiger partial charge in [0.15, 0.2) is 5.82 Å². The molecule has 0 bridgehead atoms. The zero-order valence-corrected chi connectivity index (χ0v) is 16.6. The molecule has 5 nitrogen and oxygen atoms in total. The maximum Gasteiger partial charge on any atom is 0.229 e. The molecule has 4 rings (SSSR count). The second kappa shape index (κ2) is 8.57. The van der Waals surface area contributed by atoms with Crippen LogP contribution in [0.5, 0.6) is 0 Å². The lowest BCUT2D eigenvalue weighted by Crippen LogP contribution is -2.41. The molecule has 1 amide bonds. The van der Waals surface area contributed by atoms with Gasteiger partial charge in [0, 0.05) is 24.7 Å². The van der Waals surface area contributed by atoms with Gasteiger partial charge in [0.25, 0.3) is 0 Å². The minimum absolute atomic E-state index is 0.0131. The fraction of sp³-hybridized carbons (Fsp3) is 0.261. The summed E-state index contributed by atoms with van der Waals surface area (Å²) in [4.78, 5) is 14.6. The van der Waals surface area contributed by atoms with Crippen LogP contribution in [0.3, 0.4) is 0 Å². The summed E-state index contributed by atoms with van der Waals surface area (Å²) in [7, 11) is 0. The van der Waals surface area contributed by atoms with Gasteiger partial charge >= 0.3 is 0 Å². The largest absolute Gasteiger partial charge is 0.354 e. The van der Waals surface area contributed by atoms with E-state index in [1.54, 1.807) is 0 Å². The number of anilines is 2.